The van der Waals surface area contributed by atoms with Gasteiger partial charge in [0.1, 0.15) is 24.3 Å². The van der Waals surface area contributed by atoms with Crippen LogP contribution < -0.4 is 10.1 Å². The zero-order valence-corrected chi connectivity index (χ0v) is 20.4. The number of hydrogen-bond acceptors (Lipinski definition) is 10. The molecular formula is C26H23N9O3. The summed E-state index contributed by atoms with van der Waals surface area (Å²) in [5.41, 5.74) is 5.47. The third kappa shape index (κ3) is 4.40. The van der Waals surface area contributed by atoms with Crippen LogP contribution in [0, 0.1) is 18.3 Å². The Hall–Kier alpha value is -4.86. The number of aromatic amines is 1. The summed E-state index contributed by atoms with van der Waals surface area (Å²) in [5, 5.41) is 37.6. The fourth-order valence-corrected chi connectivity index (χ4v) is 4.27. The minimum absolute atomic E-state index is 0.0355. The Bertz CT molecular complexity index is 1650. The number of aliphatic hydroxyl groups is 1. The second kappa shape index (κ2) is 9.89. The molecule has 0 bridgehead atoms. The largest absolute Gasteiger partial charge is 0.468 e. The van der Waals surface area contributed by atoms with Crippen molar-refractivity contribution in [1.29, 1.82) is 5.26 Å². The minimum Gasteiger partial charge on any atom is -0.468 e. The number of aryl methyl sites for hydroxylation is 1. The highest BCUT2D eigenvalue weighted by Gasteiger charge is 2.21. The fraction of sp³-hybridized carbons (Fsp3) is 0.231. The summed E-state index contributed by atoms with van der Waals surface area (Å²) in [5.74, 6) is 1.67. The molecule has 5 heterocycles. The van der Waals surface area contributed by atoms with E-state index >= 15 is 0 Å². The number of pyridine rings is 1. The highest BCUT2D eigenvalue weighted by Crippen LogP contribution is 2.30. The van der Waals surface area contributed by atoms with Crippen LogP contribution in [0.15, 0.2) is 48.8 Å². The Kier molecular flexibility index (Phi) is 6.12. The van der Waals surface area contributed by atoms with E-state index in [1.807, 2.05) is 41.8 Å². The predicted molar refractivity (Wildman–Crippen MR) is 137 cm³/mol. The van der Waals surface area contributed by atoms with E-state index in [4.69, 9.17) is 14.5 Å². The van der Waals surface area contributed by atoms with E-state index in [-0.39, 0.29) is 18.4 Å². The van der Waals surface area contributed by atoms with E-state index in [0.717, 1.165) is 28.0 Å². The van der Waals surface area contributed by atoms with Gasteiger partial charge in [-0.2, -0.15) is 10.4 Å². The zero-order chi connectivity index (χ0) is 26.1. The number of aliphatic hydroxyl groups excluding tert-OH is 1. The summed E-state index contributed by atoms with van der Waals surface area (Å²) in [7, 11) is 0. The molecule has 1 aliphatic rings. The van der Waals surface area contributed by atoms with Gasteiger partial charge in [0.15, 0.2) is 11.5 Å². The Balaban J connectivity index is 1.29. The first kappa shape index (κ1) is 23.5. The maximum absolute atomic E-state index is 9.57. The monoisotopic (exact) mass is 509 g/mol. The van der Waals surface area contributed by atoms with Crippen LogP contribution in [0.3, 0.4) is 0 Å². The number of nitrogens with one attached hydrogen (secondary N) is 2. The van der Waals surface area contributed by atoms with Crippen molar-refractivity contribution in [3.8, 4) is 29.0 Å². The summed E-state index contributed by atoms with van der Waals surface area (Å²) in [4.78, 5) is 9.44. The van der Waals surface area contributed by atoms with Gasteiger partial charge < -0.3 is 19.9 Å². The molecule has 1 aliphatic heterocycles. The highest BCUT2D eigenvalue weighted by atomic mass is 16.6. The highest BCUT2D eigenvalue weighted by molar-refractivity contribution is 5.82. The van der Waals surface area contributed by atoms with Crippen LogP contribution in [-0.2, 0) is 11.2 Å². The normalized spacial score (nSPS) is 13.3. The first-order valence-electron chi connectivity index (χ1n) is 12.0. The predicted octanol–water partition coefficient (Wildman–Crippen LogP) is 2.84. The standard InChI is InChI=1S/C26H23N9O3/c1-15-25(20(11-27)32-31-15)26-16(8-9-36)2-6-23(30-26)35-14-28-19-10-17(3-4-21(19)35)29-22-5-7-24(34-33-22)38-18-12-37-13-18/h2-7,10,14,18,36H,8-9,12-13H2,1H3,(H,29,33)(H,31,32). The van der Waals surface area contributed by atoms with Crippen molar-refractivity contribution >= 4 is 22.5 Å². The number of rotatable bonds is 8. The molecule has 0 amide bonds. The van der Waals surface area contributed by atoms with E-state index in [2.05, 4.69) is 36.8 Å². The molecule has 0 unspecified atom stereocenters. The number of fused-ring (bicyclic) bond motifs is 1. The zero-order valence-electron chi connectivity index (χ0n) is 20.4. The quantitative estimate of drug-likeness (QED) is 0.284. The number of aromatic nitrogens is 7. The van der Waals surface area contributed by atoms with Gasteiger partial charge in [-0.1, -0.05) is 6.07 Å². The number of nitrogens with zero attached hydrogens (tertiary/aromatic N) is 7. The molecule has 1 aromatic carbocycles. The molecule has 190 valence electrons. The van der Waals surface area contributed by atoms with E-state index in [1.54, 1.807) is 18.5 Å². The molecule has 0 saturated carbocycles. The number of nitriles is 1. The lowest BCUT2D eigenvalue weighted by Crippen LogP contribution is -2.38. The molecule has 0 spiro atoms. The van der Waals surface area contributed by atoms with Crippen molar-refractivity contribution in [1.82, 2.24) is 34.9 Å². The van der Waals surface area contributed by atoms with E-state index in [0.29, 0.717) is 48.4 Å². The van der Waals surface area contributed by atoms with Crippen LogP contribution in [0.2, 0.25) is 0 Å². The lowest BCUT2D eigenvalue weighted by atomic mass is 10.0. The molecule has 12 heteroatoms. The molecule has 3 N–H and O–H groups in total. The second-order valence-corrected chi connectivity index (χ2v) is 8.81. The number of hydrogen-bond donors (Lipinski definition) is 3. The summed E-state index contributed by atoms with van der Waals surface area (Å²) in [6.45, 7) is 2.95. The van der Waals surface area contributed by atoms with E-state index in [9.17, 15) is 10.4 Å². The van der Waals surface area contributed by atoms with Crippen LogP contribution in [0.5, 0.6) is 5.88 Å². The number of anilines is 2. The third-order valence-electron chi connectivity index (χ3n) is 6.24. The van der Waals surface area contributed by atoms with Gasteiger partial charge in [-0.25, -0.2) is 9.97 Å². The van der Waals surface area contributed by atoms with Crippen molar-refractivity contribution in [2.75, 3.05) is 25.1 Å². The molecule has 1 fully saturated rings. The Morgan fingerprint density at radius 2 is 2.11 bits per heavy atom. The van der Waals surface area contributed by atoms with Gasteiger partial charge in [-0.3, -0.25) is 9.67 Å². The van der Waals surface area contributed by atoms with Crippen LogP contribution in [0.25, 0.3) is 28.1 Å². The van der Waals surface area contributed by atoms with Gasteiger partial charge in [0.25, 0.3) is 0 Å². The van der Waals surface area contributed by atoms with Crippen molar-refractivity contribution in [3.63, 3.8) is 0 Å². The first-order valence-corrected chi connectivity index (χ1v) is 12.0. The smallest absolute Gasteiger partial charge is 0.233 e. The lowest BCUT2D eigenvalue weighted by molar-refractivity contribution is -0.0816. The third-order valence-corrected chi connectivity index (χ3v) is 6.24. The van der Waals surface area contributed by atoms with Crippen LogP contribution in [0.4, 0.5) is 11.5 Å². The Labute approximate surface area is 216 Å². The maximum Gasteiger partial charge on any atom is 0.233 e. The topological polar surface area (TPSA) is 160 Å². The van der Waals surface area contributed by atoms with Crippen LogP contribution in [0.1, 0.15) is 17.0 Å². The maximum atomic E-state index is 9.57. The second-order valence-electron chi connectivity index (χ2n) is 8.81. The van der Waals surface area contributed by atoms with E-state index < -0.39 is 0 Å². The molecule has 1 saturated heterocycles. The Morgan fingerprint density at radius 3 is 2.84 bits per heavy atom. The van der Waals surface area contributed by atoms with Gasteiger partial charge in [-0.05, 0) is 49.2 Å². The SMILES string of the molecule is Cc1[nH]nc(C#N)c1-c1nc(-n2cnc3cc(Nc4ccc(OC5COC5)nn4)ccc32)ccc1CCO. The fourth-order valence-electron chi connectivity index (χ4n) is 4.27. The van der Waals surface area contributed by atoms with Gasteiger partial charge in [0.05, 0.1) is 35.5 Å². The summed E-state index contributed by atoms with van der Waals surface area (Å²) >= 11 is 0. The van der Waals surface area contributed by atoms with Crippen LogP contribution >= 0.6 is 0 Å². The van der Waals surface area contributed by atoms with Gasteiger partial charge in [0.2, 0.25) is 5.88 Å². The number of H-pyrrole nitrogens is 1. The molecule has 0 radical (unpaired) electrons. The van der Waals surface area contributed by atoms with Crippen molar-refractivity contribution in [2.45, 2.75) is 19.4 Å². The molecule has 0 aliphatic carbocycles. The molecule has 6 rings (SSSR count). The molecule has 12 nitrogen and oxygen atoms in total. The van der Waals surface area contributed by atoms with Crippen molar-refractivity contribution in [2.24, 2.45) is 0 Å². The molecule has 38 heavy (non-hydrogen) atoms. The first-order chi connectivity index (χ1) is 18.6. The van der Waals surface area contributed by atoms with Gasteiger partial charge in [-0.15, -0.1) is 10.2 Å². The van der Waals surface area contributed by atoms with Gasteiger partial charge >= 0.3 is 0 Å². The van der Waals surface area contributed by atoms with E-state index in [1.165, 1.54) is 0 Å². The van der Waals surface area contributed by atoms with Crippen molar-refractivity contribution in [3.05, 3.63) is 65.7 Å². The number of benzene rings is 1. The Morgan fingerprint density at radius 1 is 1.21 bits per heavy atom. The lowest BCUT2D eigenvalue weighted by Gasteiger charge is -2.25. The molecular weight excluding hydrogens is 486 g/mol. The van der Waals surface area contributed by atoms with Crippen molar-refractivity contribution < 1.29 is 14.6 Å². The average Bonchev–Trinajstić information content (AvgIpc) is 3.50. The summed E-state index contributed by atoms with van der Waals surface area (Å²) < 4.78 is 12.6. The van der Waals surface area contributed by atoms with Crippen LogP contribution in [-0.4, -0.2) is 66.0 Å². The van der Waals surface area contributed by atoms with Gasteiger partial charge in [0, 0.05) is 24.1 Å². The summed E-state index contributed by atoms with van der Waals surface area (Å²) in [6, 6.07) is 15.3. The molecule has 4 aromatic heterocycles. The number of ether oxygens (including phenoxy) is 2. The summed E-state index contributed by atoms with van der Waals surface area (Å²) in [6.07, 6.45) is 2.15. The molecule has 5 aromatic rings. The minimum atomic E-state index is -0.0355. The average molecular weight is 510 g/mol. The number of imidazole rings is 1. The molecule has 0 atom stereocenters.